The van der Waals surface area contributed by atoms with Gasteiger partial charge in [-0.15, -0.1) is 11.3 Å². The fourth-order valence-corrected chi connectivity index (χ4v) is 2.92. The summed E-state index contributed by atoms with van der Waals surface area (Å²) in [7, 11) is 3.39. The summed E-state index contributed by atoms with van der Waals surface area (Å²) in [5, 5.41) is 6.57. The van der Waals surface area contributed by atoms with Crippen molar-refractivity contribution in [2.75, 3.05) is 26.1 Å². The summed E-state index contributed by atoms with van der Waals surface area (Å²) >= 11 is 1.78. The predicted octanol–water partition coefficient (Wildman–Crippen LogP) is 3.65. The van der Waals surface area contributed by atoms with Crippen LogP contribution in [0.2, 0.25) is 0 Å². The van der Waals surface area contributed by atoms with Crippen molar-refractivity contribution >= 4 is 23.0 Å². The molecule has 0 amide bonds. The Morgan fingerprint density at radius 2 is 2.04 bits per heavy atom. The molecule has 2 aromatic rings. The van der Waals surface area contributed by atoms with Crippen molar-refractivity contribution in [3.63, 3.8) is 0 Å². The van der Waals surface area contributed by atoms with E-state index < -0.39 is 0 Å². The fourth-order valence-electron chi connectivity index (χ4n) is 2.09. The standard InChI is InChI=1S/C17H23N3O2S/c1-5-22-16-10-13(7-9-15(16)21-4)20-17(18-3)19-11-14-8-6-12(2)23-14/h6-10H,5,11H2,1-4H3,(H2,18,19,20). The zero-order valence-corrected chi connectivity index (χ0v) is 14.8. The molecule has 0 unspecified atom stereocenters. The molecule has 0 aliphatic carbocycles. The number of aliphatic imine (C=N–C) groups is 1. The number of methoxy groups -OCH3 is 1. The number of hydrogen-bond acceptors (Lipinski definition) is 4. The fraction of sp³-hybridized carbons (Fsp3) is 0.353. The maximum Gasteiger partial charge on any atom is 0.195 e. The predicted molar refractivity (Wildman–Crippen MR) is 97.0 cm³/mol. The van der Waals surface area contributed by atoms with Crippen LogP contribution in [-0.2, 0) is 6.54 Å². The number of rotatable bonds is 6. The zero-order chi connectivity index (χ0) is 16.7. The average Bonchev–Trinajstić information content (AvgIpc) is 2.97. The number of benzene rings is 1. The Bertz CT molecular complexity index is 668. The maximum atomic E-state index is 5.59. The van der Waals surface area contributed by atoms with Gasteiger partial charge in [-0.05, 0) is 38.1 Å². The lowest BCUT2D eigenvalue weighted by Crippen LogP contribution is -2.29. The van der Waals surface area contributed by atoms with Crippen molar-refractivity contribution in [3.05, 3.63) is 40.1 Å². The Labute approximate surface area is 141 Å². The number of nitrogens with zero attached hydrogens (tertiary/aromatic N) is 1. The smallest absolute Gasteiger partial charge is 0.195 e. The van der Waals surface area contributed by atoms with Crippen LogP contribution in [-0.4, -0.2) is 26.7 Å². The van der Waals surface area contributed by atoms with Crippen molar-refractivity contribution in [2.24, 2.45) is 4.99 Å². The molecule has 0 aliphatic rings. The summed E-state index contributed by atoms with van der Waals surface area (Å²) in [5.74, 6) is 2.14. The first-order valence-electron chi connectivity index (χ1n) is 7.50. The Morgan fingerprint density at radius 1 is 1.22 bits per heavy atom. The molecule has 0 atom stereocenters. The second-order valence-electron chi connectivity index (χ2n) is 4.86. The Morgan fingerprint density at radius 3 is 2.65 bits per heavy atom. The highest BCUT2D eigenvalue weighted by Crippen LogP contribution is 2.30. The number of thiophene rings is 1. The molecule has 0 bridgehead atoms. The van der Waals surface area contributed by atoms with Gasteiger partial charge < -0.3 is 20.1 Å². The molecule has 2 rings (SSSR count). The van der Waals surface area contributed by atoms with Crippen LogP contribution in [0.3, 0.4) is 0 Å². The third kappa shape index (κ3) is 4.89. The van der Waals surface area contributed by atoms with Crippen LogP contribution in [0.1, 0.15) is 16.7 Å². The minimum Gasteiger partial charge on any atom is -0.493 e. The van der Waals surface area contributed by atoms with E-state index in [9.17, 15) is 0 Å². The summed E-state index contributed by atoms with van der Waals surface area (Å²) in [5.41, 5.74) is 0.893. The Kier molecular flexibility index (Phi) is 6.29. The van der Waals surface area contributed by atoms with Crippen molar-refractivity contribution < 1.29 is 9.47 Å². The summed E-state index contributed by atoms with van der Waals surface area (Å²) < 4.78 is 10.9. The van der Waals surface area contributed by atoms with Crippen LogP contribution in [0, 0.1) is 6.92 Å². The third-order valence-corrected chi connectivity index (χ3v) is 4.18. The summed E-state index contributed by atoms with van der Waals surface area (Å²) in [6.07, 6.45) is 0. The second kappa shape index (κ2) is 8.43. The average molecular weight is 333 g/mol. The molecule has 1 aromatic heterocycles. The normalized spacial score (nSPS) is 11.2. The van der Waals surface area contributed by atoms with Crippen LogP contribution >= 0.6 is 11.3 Å². The molecule has 0 saturated heterocycles. The SMILES string of the molecule is CCOc1cc(NC(=NC)NCc2ccc(C)s2)ccc1OC. The molecule has 2 N–H and O–H groups in total. The van der Waals surface area contributed by atoms with Gasteiger partial charge in [-0.2, -0.15) is 0 Å². The molecule has 6 heteroatoms. The topological polar surface area (TPSA) is 54.9 Å². The molecular formula is C17H23N3O2S. The largest absolute Gasteiger partial charge is 0.493 e. The molecule has 1 aromatic carbocycles. The van der Waals surface area contributed by atoms with E-state index in [4.69, 9.17) is 9.47 Å². The van der Waals surface area contributed by atoms with Gasteiger partial charge >= 0.3 is 0 Å². The van der Waals surface area contributed by atoms with Crippen LogP contribution in [0.4, 0.5) is 5.69 Å². The zero-order valence-electron chi connectivity index (χ0n) is 14.0. The van der Waals surface area contributed by atoms with E-state index in [1.165, 1.54) is 9.75 Å². The molecule has 0 radical (unpaired) electrons. The highest BCUT2D eigenvalue weighted by molar-refractivity contribution is 7.11. The number of hydrogen-bond donors (Lipinski definition) is 2. The van der Waals surface area contributed by atoms with Gasteiger partial charge in [-0.25, -0.2) is 0 Å². The van der Waals surface area contributed by atoms with Gasteiger partial charge in [-0.1, -0.05) is 0 Å². The van der Waals surface area contributed by atoms with Gasteiger partial charge in [-0.3, -0.25) is 4.99 Å². The first-order valence-corrected chi connectivity index (χ1v) is 8.31. The third-order valence-electron chi connectivity index (χ3n) is 3.18. The molecule has 0 aliphatic heterocycles. The van der Waals surface area contributed by atoms with Crippen molar-refractivity contribution in [2.45, 2.75) is 20.4 Å². The maximum absolute atomic E-state index is 5.59. The molecule has 124 valence electrons. The summed E-state index contributed by atoms with van der Waals surface area (Å²) in [6.45, 7) is 5.38. The first-order chi connectivity index (χ1) is 11.2. The molecule has 0 fully saturated rings. The van der Waals surface area contributed by atoms with E-state index in [1.54, 1.807) is 25.5 Å². The lowest BCUT2D eigenvalue weighted by Gasteiger charge is -2.14. The number of ether oxygens (including phenoxy) is 2. The van der Waals surface area contributed by atoms with Crippen LogP contribution in [0.25, 0.3) is 0 Å². The van der Waals surface area contributed by atoms with E-state index in [1.807, 2.05) is 25.1 Å². The number of aryl methyl sites for hydroxylation is 1. The van der Waals surface area contributed by atoms with Gasteiger partial charge in [0.2, 0.25) is 0 Å². The van der Waals surface area contributed by atoms with Crippen molar-refractivity contribution in [1.29, 1.82) is 0 Å². The lowest BCUT2D eigenvalue weighted by molar-refractivity contribution is 0.311. The number of guanidine groups is 1. The van der Waals surface area contributed by atoms with Crippen LogP contribution in [0.15, 0.2) is 35.3 Å². The van der Waals surface area contributed by atoms with Gasteiger partial charge in [0, 0.05) is 28.6 Å². The van der Waals surface area contributed by atoms with E-state index >= 15 is 0 Å². The highest BCUT2D eigenvalue weighted by Gasteiger charge is 2.07. The van der Waals surface area contributed by atoms with Crippen molar-refractivity contribution in [1.82, 2.24) is 5.32 Å². The van der Waals surface area contributed by atoms with Gasteiger partial charge in [0.05, 0.1) is 20.3 Å². The van der Waals surface area contributed by atoms with E-state index in [-0.39, 0.29) is 0 Å². The Hall–Kier alpha value is -2.21. The van der Waals surface area contributed by atoms with Crippen molar-refractivity contribution in [3.8, 4) is 11.5 Å². The second-order valence-corrected chi connectivity index (χ2v) is 6.23. The highest BCUT2D eigenvalue weighted by atomic mass is 32.1. The van der Waals surface area contributed by atoms with Gasteiger partial charge in [0.15, 0.2) is 17.5 Å². The molecule has 5 nitrogen and oxygen atoms in total. The minimum atomic E-state index is 0.588. The number of anilines is 1. The monoisotopic (exact) mass is 333 g/mol. The summed E-state index contributed by atoms with van der Waals surface area (Å²) in [4.78, 5) is 6.83. The summed E-state index contributed by atoms with van der Waals surface area (Å²) in [6, 6.07) is 9.97. The number of nitrogens with one attached hydrogen (secondary N) is 2. The Balaban J connectivity index is 2.02. The van der Waals surface area contributed by atoms with Gasteiger partial charge in [0.25, 0.3) is 0 Å². The first kappa shape index (κ1) is 17.1. The molecule has 0 saturated carbocycles. The van der Waals surface area contributed by atoms with Crippen LogP contribution < -0.4 is 20.1 Å². The van der Waals surface area contributed by atoms with Crippen LogP contribution in [0.5, 0.6) is 11.5 Å². The molecular weight excluding hydrogens is 310 g/mol. The lowest BCUT2D eigenvalue weighted by atomic mass is 10.2. The van der Waals surface area contributed by atoms with E-state index in [0.29, 0.717) is 18.3 Å². The molecule has 23 heavy (non-hydrogen) atoms. The van der Waals surface area contributed by atoms with E-state index in [0.717, 1.165) is 18.0 Å². The minimum absolute atomic E-state index is 0.588. The van der Waals surface area contributed by atoms with Gasteiger partial charge in [0.1, 0.15) is 0 Å². The quantitative estimate of drug-likeness (QED) is 0.626. The molecule has 1 heterocycles. The molecule has 0 spiro atoms. The van der Waals surface area contributed by atoms with E-state index in [2.05, 4.69) is 34.7 Å².